The zero-order valence-corrected chi connectivity index (χ0v) is 17.9. The van der Waals surface area contributed by atoms with Crippen molar-refractivity contribution in [3.8, 4) is 0 Å². The fourth-order valence-corrected chi connectivity index (χ4v) is 3.68. The highest BCUT2D eigenvalue weighted by molar-refractivity contribution is 14.1. The molecule has 1 amide bonds. The molecule has 0 bridgehead atoms. The molecule has 142 valence electrons. The van der Waals surface area contributed by atoms with E-state index in [9.17, 15) is 19.7 Å². The van der Waals surface area contributed by atoms with Crippen molar-refractivity contribution in [2.75, 3.05) is 14.1 Å². The zero-order valence-electron chi connectivity index (χ0n) is 14.9. The number of rotatable bonds is 6. The molecule has 0 aliphatic heterocycles. The average Bonchev–Trinajstić information content (AvgIpc) is 2.61. The van der Waals surface area contributed by atoms with Gasteiger partial charge in [0.1, 0.15) is 6.61 Å². The van der Waals surface area contributed by atoms with Crippen molar-refractivity contribution < 1.29 is 19.2 Å². The molecule has 0 N–H and O–H groups in total. The third-order valence-corrected chi connectivity index (χ3v) is 5.27. The first-order valence-electron chi connectivity index (χ1n) is 7.78. The van der Waals surface area contributed by atoms with Gasteiger partial charge in [-0.05, 0) is 52.4 Å². The summed E-state index contributed by atoms with van der Waals surface area (Å²) >= 11 is 3.27. The molecule has 0 aliphatic rings. The lowest BCUT2D eigenvalue weighted by Gasteiger charge is -2.14. The van der Waals surface area contributed by atoms with Gasteiger partial charge in [-0.15, -0.1) is 0 Å². The van der Waals surface area contributed by atoms with E-state index in [1.165, 1.54) is 17.9 Å². The first-order chi connectivity index (χ1) is 12.7. The summed E-state index contributed by atoms with van der Waals surface area (Å²) in [6.45, 7) is 1.24. The average molecular weight is 500 g/mol. The normalized spacial score (nSPS) is 10.4. The number of benzene rings is 2. The van der Waals surface area contributed by atoms with E-state index in [2.05, 4.69) is 22.6 Å². The van der Waals surface area contributed by atoms with Crippen molar-refractivity contribution in [1.29, 1.82) is 0 Å². The van der Waals surface area contributed by atoms with Crippen LogP contribution in [0, 0.1) is 13.7 Å². The van der Waals surface area contributed by atoms with E-state index in [0.717, 1.165) is 15.3 Å². The smallest absolute Gasteiger partial charge is 0.302 e. The molecule has 0 saturated carbocycles. The molecule has 0 aromatic heterocycles. The minimum Gasteiger partial charge on any atom is -0.461 e. The highest BCUT2D eigenvalue weighted by Crippen LogP contribution is 2.37. The highest BCUT2D eigenvalue weighted by atomic mass is 127. The van der Waals surface area contributed by atoms with Gasteiger partial charge in [0.05, 0.1) is 15.4 Å². The lowest BCUT2D eigenvalue weighted by Crippen LogP contribution is -2.22. The summed E-state index contributed by atoms with van der Waals surface area (Å²) in [4.78, 5) is 36.9. The first-order valence-corrected chi connectivity index (χ1v) is 9.68. The van der Waals surface area contributed by atoms with Crippen LogP contribution >= 0.6 is 34.4 Å². The van der Waals surface area contributed by atoms with Crippen LogP contribution in [0.3, 0.4) is 0 Å². The van der Waals surface area contributed by atoms with Crippen molar-refractivity contribution in [2.45, 2.75) is 23.3 Å². The van der Waals surface area contributed by atoms with Crippen LogP contribution < -0.4 is 0 Å². The number of carbonyl (C=O) groups excluding carboxylic acids is 2. The van der Waals surface area contributed by atoms with Crippen molar-refractivity contribution >= 4 is 51.9 Å². The molecule has 2 aromatic carbocycles. The second kappa shape index (κ2) is 9.18. The molecule has 9 heteroatoms. The Balaban J connectivity index is 2.41. The molecule has 2 aromatic rings. The van der Waals surface area contributed by atoms with Gasteiger partial charge in [-0.1, -0.05) is 17.8 Å². The van der Waals surface area contributed by atoms with Gasteiger partial charge in [-0.25, -0.2) is 0 Å². The van der Waals surface area contributed by atoms with Crippen LogP contribution in [0.25, 0.3) is 0 Å². The Morgan fingerprint density at radius 3 is 2.44 bits per heavy atom. The van der Waals surface area contributed by atoms with Gasteiger partial charge in [0.15, 0.2) is 0 Å². The highest BCUT2D eigenvalue weighted by Gasteiger charge is 2.20. The SMILES string of the molecule is CC(=O)OCc1ccc(Sc2ccc(I)cc2C(=O)N(C)C)c([N+](=O)[O-])c1. The maximum Gasteiger partial charge on any atom is 0.302 e. The maximum absolute atomic E-state index is 12.5. The summed E-state index contributed by atoms with van der Waals surface area (Å²) in [6.07, 6.45) is 0. The van der Waals surface area contributed by atoms with Crippen molar-refractivity contribution in [3.05, 3.63) is 61.2 Å². The standard InChI is InChI=1S/C18H17IN2O5S/c1-11(22)26-10-12-4-6-17(15(8-12)21(24)25)27-16-7-5-13(19)9-14(16)18(23)20(2)3/h4-9H,10H2,1-3H3. The van der Waals surface area contributed by atoms with Crippen LogP contribution in [0.5, 0.6) is 0 Å². The fourth-order valence-electron chi connectivity index (χ4n) is 2.18. The molecular formula is C18H17IN2O5S. The molecule has 0 radical (unpaired) electrons. The maximum atomic E-state index is 12.5. The van der Waals surface area contributed by atoms with E-state index >= 15 is 0 Å². The Kier molecular flexibility index (Phi) is 7.19. The minimum absolute atomic E-state index is 0.0327. The number of ether oxygens (including phenoxy) is 1. The topological polar surface area (TPSA) is 89.8 Å². The van der Waals surface area contributed by atoms with E-state index < -0.39 is 10.9 Å². The second-order valence-corrected chi connectivity index (χ2v) is 8.11. The van der Waals surface area contributed by atoms with Crippen LogP contribution in [0.4, 0.5) is 5.69 Å². The number of hydrogen-bond donors (Lipinski definition) is 0. The van der Waals surface area contributed by atoms with Gasteiger partial charge >= 0.3 is 5.97 Å². The monoisotopic (exact) mass is 500 g/mol. The summed E-state index contributed by atoms with van der Waals surface area (Å²) in [7, 11) is 3.31. The van der Waals surface area contributed by atoms with Crippen LogP contribution in [0.2, 0.25) is 0 Å². The molecule has 0 spiro atoms. The molecule has 0 atom stereocenters. The van der Waals surface area contributed by atoms with Crippen molar-refractivity contribution in [2.24, 2.45) is 0 Å². The fraction of sp³-hybridized carbons (Fsp3) is 0.222. The second-order valence-electron chi connectivity index (χ2n) is 5.78. The van der Waals surface area contributed by atoms with Gasteiger partial charge in [0.2, 0.25) is 0 Å². The Labute approximate surface area is 174 Å². The van der Waals surface area contributed by atoms with Gasteiger partial charge in [-0.2, -0.15) is 0 Å². The predicted molar refractivity (Wildman–Crippen MR) is 110 cm³/mol. The lowest BCUT2D eigenvalue weighted by atomic mass is 10.2. The Bertz CT molecular complexity index is 901. The van der Waals surface area contributed by atoms with Crippen LogP contribution in [0.15, 0.2) is 46.2 Å². The molecular weight excluding hydrogens is 483 g/mol. The summed E-state index contributed by atoms with van der Waals surface area (Å²) in [5.74, 6) is -0.632. The molecule has 0 fully saturated rings. The summed E-state index contributed by atoms with van der Waals surface area (Å²) in [5, 5.41) is 11.5. The number of halogens is 1. The molecule has 0 aliphatic carbocycles. The van der Waals surface area contributed by atoms with Crippen molar-refractivity contribution in [1.82, 2.24) is 4.90 Å². The Morgan fingerprint density at radius 2 is 1.85 bits per heavy atom. The summed E-state index contributed by atoms with van der Waals surface area (Å²) in [5.41, 5.74) is 0.898. The number of hydrogen-bond acceptors (Lipinski definition) is 6. The molecule has 0 unspecified atom stereocenters. The number of nitro benzene ring substituents is 1. The first kappa shape index (κ1) is 21.2. The van der Waals surface area contributed by atoms with E-state index in [1.54, 1.807) is 38.4 Å². The van der Waals surface area contributed by atoms with Crippen LogP contribution in [0.1, 0.15) is 22.8 Å². The zero-order chi connectivity index (χ0) is 20.1. The minimum atomic E-state index is -0.486. The van der Waals surface area contributed by atoms with Gasteiger partial charge in [-0.3, -0.25) is 19.7 Å². The van der Waals surface area contributed by atoms with E-state index in [4.69, 9.17) is 4.74 Å². The molecule has 27 heavy (non-hydrogen) atoms. The number of carbonyl (C=O) groups is 2. The molecule has 0 heterocycles. The molecule has 0 saturated heterocycles. The third-order valence-electron chi connectivity index (χ3n) is 3.46. The number of amides is 1. The number of nitro groups is 1. The predicted octanol–water partition coefficient (Wildman–Crippen LogP) is 4.12. The van der Waals surface area contributed by atoms with Gasteiger partial charge < -0.3 is 9.64 Å². The van der Waals surface area contributed by atoms with Gasteiger partial charge in [0.25, 0.3) is 11.6 Å². The Morgan fingerprint density at radius 1 is 1.19 bits per heavy atom. The van der Waals surface area contributed by atoms with Crippen LogP contribution in [-0.4, -0.2) is 35.8 Å². The quantitative estimate of drug-likeness (QED) is 0.257. The van der Waals surface area contributed by atoms with Crippen LogP contribution in [-0.2, 0) is 16.1 Å². The number of nitrogens with zero attached hydrogens (tertiary/aromatic N) is 2. The molecule has 2 rings (SSSR count). The third kappa shape index (κ3) is 5.67. The molecule has 7 nitrogen and oxygen atoms in total. The van der Waals surface area contributed by atoms with E-state index in [-0.39, 0.29) is 18.2 Å². The lowest BCUT2D eigenvalue weighted by molar-refractivity contribution is -0.387. The van der Waals surface area contributed by atoms with Crippen molar-refractivity contribution in [3.63, 3.8) is 0 Å². The largest absolute Gasteiger partial charge is 0.461 e. The number of esters is 1. The van der Waals surface area contributed by atoms with Gasteiger partial charge in [0, 0.05) is 35.6 Å². The summed E-state index contributed by atoms with van der Waals surface area (Å²) < 4.78 is 5.79. The van der Waals surface area contributed by atoms with E-state index in [0.29, 0.717) is 20.9 Å². The summed E-state index contributed by atoms with van der Waals surface area (Å²) in [6, 6.07) is 10.0. The Hall–Kier alpha value is -2.14. The van der Waals surface area contributed by atoms with E-state index in [1.807, 2.05) is 6.07 Å².